The Hall–Kier alpha value is -2.60. The molecule has 0 atom stereocenters. The molecule has 0 bridgehead atoms. The van der Waals surface area contributed by atoms with Crippen molar-refractivity contribution in [2.45, 2.75) is 6.54 Å². The van der Waals surface area contributed by atoms with Gasteiger partial charge in [-0.05, 0) is 36.4 Å². The Bertz CT molecular complexity index is 784. The first-order chi connectivity index (χ1) is 11.2. The van der Waals surface area contributed by atoms with Gasteiger partial charge in [-0.1, -0.05) is 34.1 Å². The lowest BCUT2D eigenvalue weighted by molar-refractivity contribution is 0.251. The molecule has 2 aromatic carbocycles. The Labute approximate surface area is 142 Å². The average Bonchev–Trinajstić information content (AvgIpc) is 3.05. The summed E-state index contributed by atoms with van der Waals surface area (Å²) in [6.45, 7) is 0.412. The van der Waals surface area contributed by atoms with Gasteiger partial charge in [0.2, 0.25) is 0 Å². The van der Waals surface area contributed by atoms with Gasteiger partial charge in [-0.15, -0.1) is 0 Å². The largest absolute Gasteiger partial charge is 0.334 e. The molecule has 3 rings (SSSR count). The molecule has 0 radical (unpaired) electrons. The molecule has 0 spiro atoms. The fraction of sp³-hybridized carbons (Fsp3) is 0.0588. The number of anilines is 1. The molecular weight excluding hydrogens is 356 g/mol. The molecule has 0 aliphatic carbocycles. The molecule has 0 saturated carbocycles. The molecule has 1 heterocycles. The number of hydrogen-bond acceptors (Lipinski definition) is 2. The van der Waals surface area contributed by atoms with Crippen LogP contribution >= 0.6 is 15.9 Å². The third kappa shape index (κ3) is 4.20. The summed E-state index contributed by atoms with van der Waals surface area (Å²) in [6, 6.07) is 17.0. The lowest BCUT2D eigenvalue weighted by atomic mass is 10.3. The zero-order valence-corrected chi connectivity index (χ0v) is 13.8. The molecule has 0 unspecified atom stereocenters. The van der Waals surface area contributed by atoms with Crippen molar-refractivity contribution < 1.29 is 4.79 Å². The van der Waals surface area contributed by atoms with Crippen LogP contribution in [-0.4, -0.2) is 15.8 Å². The van der Waals surface area contributed by atoms with Crippen LogP contribution in [0, 0.1) is 0 Å². The summed E-state index contributed by atoms with van der Waals surface area (Å²) < 4.78 is 2.75. The Morgan fingerprint density at radius 2 is 1.83 bits per heavy atom. The van der Waals surface area contributed by atoms with Gasteiger partial charge in [0.1, 0.15) is 0 Å². The normalized spacial score (nSPS) is 10.3. The molecule has 1 aromatic heterocycles. The van der Waals surface area contributed by atoms with Crippen LogP contribution in [0.1, 0.15) is 5.56 Å². The van der Waals surface area contributed by atoms with E-state index in [1.807, 2.05) is 60.8 Å². The van der Waals surface area contributed by atoms with Crippen LogP contribution in [0.4, 0.5) is 10.5 Å². The molecule has 2 N–H and O–H groups in total. The fourth-order valence-electron chi connectivity index (χ4n) is 2.06. The minimum atomic E-state index is -0.250. The molecule has 2 amide bonds. The summed E-state index contributed by atoms with van der Waals surface area (Å²) in [7, 11) is 0. The Kier molecular flexibility index (Phi) is 4.73. The number of benzene rings is 2. The third-order valence-electron chi connectivity index (χ3n) is 3.21. The molecule has 116 valence electrons. The first kappa shape index (κ1) is 15.3. The summed E-state index contributed by atoms with van der Waals surface area (Å²) >= 11 is 3.36. The van der Waals surface area contributed by atoms with E-state index in [9.17, 15) is 4.79 Å². The molecule has 0 fully saturated rings. The average molecular weight is 371 g/mol. The minimum Gasteiger partial charge on any atom is -0.334 e. The van der Waals surface area contributed by atoms with Crippen molar-refractivity contribution >= 4 is 27.6 Å². The SMILES string of the molecule is O=C(NCc1cnn(-c2ccccc2)c1)Nc1ccc(Br)cc1. The van der Waals surface area contributed by atoms with E-state index < -0.39 is 0 Å². The van der Waals surface area contributed by atoms with Crippen LogP contribution in [0.25, 0.3) is 5.69 Å². The predicted octanol–water partition coefficient (Wildman–Crippen LogP) is 3.96. The van der Waals surface area contributed by atoms with Gasteiger partial charge in [0, 0.05) is 28.5 Å². The van der Waals surface area contributed by atoms with Crippen LogP contribution in [0.15, 0.2) is 71.5 Å². The van der Waals surface area contributed by atoms with Gasteiger partial charge in [0.05, 0.1) is 11.9 Å². The van der Waals surface area contributed by atoms with Crippen molar-refractivity contribution in [1.82, 2.24) is 15.1 Å². The maximum Gasteiger partial charge on any atom is 0.319 e. The van der Waals surface area contributed by atoms with E-state index in [2.05, 4.69) is 31.7 Å². The monoisotopic (exact) mass is 370 g/mol. The number of nitrogens with one attached hydrogen (secondary N) is 2. The molecule has 23 heavy (non-hydrogen) atoms. The lowest BCUT2D eigenvalue weighted by Crippen LogP contribution is -2.27. The summed E-state index contributed by atoms with van der Waals surface area (Å²) in [5, 5.41) is 9.89. The van der Waals surface area contributed by atoms with E-state index in [4.69, 9.17) is 0 Å². The highest BCUT2D eigenvalue weighted by atomic mass is 79.9. The van der Waals surface area contributed by atoms with Crippen LogP contribution in [0.2, 0.25) is 0 Å². The van der Waals surface area contributed by atoms with Gasteiger partial charge in [-0.2, -0.15) is 5.10 Å². The molecule has 0 aliphatic rings. The number of carbonyl (C=O) groups is 1. The highest BCUT2D eigenvalue weighted by molar-refractivity contribution is 9.10. The second-order valence-corrected chi connectivity index (χ2v) is 5.86. The second-order valence-electron chi connectivity index (χ2n) is 4.94. The van der Waals surface area contributed by atoms with Crippen molar-refractivity contribution in [3.63, 3.8) is 0 Å². The lowest BCUT2D eigenvalue weighted by Gasteiger charge is -2.06. The summed E-state index contributed by atoms with van der Waals surface area (Å²) in [5.41, 5.74) is 2.66. The van der Waals surface area contributed by atoms with E-state index in [-0.39, 0.29) is 6.03 Å². The van der Waals surface area contributed by atoms with E-state index in [1.54, 1.807) is 10.9 Å². The molecule has 6 heteroatoms. The van der Waals surface area contributed by atoms with Gasteiger partial charge in [0.25, 0.3) is 0 Å². The number of carbonyl (C=O) groups excluding carboxylic acids is 1. The van der Waals surface area contributed by atoms with E-state index in [1.165, 1.54) is 0 Å². The number of nitrogens with zero attached hydrogens (tertiary/aromatic N) is 2. The van der Waals surface area contributed by atoms with E-state index in [0.29, 0.717) is 6.54 Å². The van der Waals surface area contributed by atoms with Crippen LogP contribution < -0.4 is 10.6 Å². The number of aromatic nitrogens is 2. The second kappa shape index (κ2) is 7.11. The first-order valence-corrected chi connectivity index (χ1v) is 7.89. The van der Waals surface area contributed by atoms with Gasteiger partial charge in [0.15, 0.2) is 0 Å². The topological polar surface area (TPSA) is 59.0 Å². The smallest absolute Gasteiger partial charge is 0.319 e. The number of hydrogen-bond donors (Lipinski definition) is 2. The van der Waals surface area contributed by atoms with Gasteiger partial charge in [-0.3, -0.25) is 0 Å². The third-order valence-corrected chi connectivity index (χ3v) is 3.74. The van der Waals surface area contributed by atoms with Crippen molar-refractivity contribution in [2.75, 3.05) is 5.32 Å². The number of urea groups is 1. The zero-order chi connectivity index (χ0) is 16.1. The highest BCUT2D eigenvalue weighted by Crippen LogP contribution is 2.14. The summed E-state index contributed by atoms with van der Waals surface area (Å²) in [6.07, 6.45) is 3.64. The van der Waals surface area contributed by atoms with Crippen LogP contribution in [-0.2, 0) is 6.54 Å². The van der Waals surface area contributed by atoms with Crippen molar-refractivity contribution in [2.24, 2.45) is 0 Å². The highest BCUT2D eigenvalue weighted by Gasteiger charge is 2.04. The quantitative estimate of drug-likeness (QED) is 0.730. The number of halogens is 1. The predicted molar refractivity (Wildman–Crippen MR) is 93.6 cm³/mol. The standard InChI is InChI=1S/C17H15BrN4O/c18-14-6-8-15(9-7-14)21-17(23)19-10-13-11-20-22(12-13)16-4-2-1-3-5-16/h1-9,11-12H,10H2,(H2,19,21,23). The van der Waals surface area contributed by atoms with Crippen LogP contribution in [0.3, 0.4) is 0 Å². The van der Waals surface area contributed by atoms with Gasteiger partial charge >= 0.3 is 6.03 Å². The Morgan fingerprint density at radius 3 is 2.57 bits per heavy atom. The molecule has 0 saturated heterocycles. The van der Waals surface area contributed by atoms with Crippen molar-refractivity contribution in [1.29, 1.82) is 0 Å². The molecule has 3 aromatic rings. The fourth-order valence-corrected chi connectivity index (χ4v) is 2.33. The first-order valence-electron chi connectivity index (χ1n) is 7.10. The zero-order valence-electron chi connectivity index (χ0n) is 12.2. The maximum atomic E-state index is 11.9. The molecule has 5 nitrogen and oxygen atoms in total. The number of amides is 2. The minimum absolute atomic E-state index is 0.250. The number of para-hydroxylation sites is 1. The Morgan fingerprint density at radius 1 is 1.09 bits per heavy atom. The maximum absolute atomic E-state index is 11.9. The Balaban J connectivity index is 1.55. The molecular formula is C17H15BrN4O. The van der Waals surface area contributed by atoms with Gasteiger partial charge in [-0.25, -0.2) is 9.48 Å². The van der Waals surface area contributed by atoms with E-state index >= 15 is 0 Å². The van der Waals surface area contributed by atoms with E-state index in [0.717, 1.165) is 21.4 Å². The number of rotatable bonds is 4. The summed E-state index contributed by atoms with van der Waals surface area (Å²) in [5.74, 6) is 0. The summed E-state index contributed by atoms with van der Waals surface area (Å²) in [4.78, 5) is 11.9. The van der Waals surface area contributed by atoms with Crippen LogP contribution in [0.5, 0.6) is 0 Å². The van der Waals surface area contributed by atoms with Crippen molar-refractivity contribution in [3.05, 3.63) is 77.0 Å². The van der Waals surface area contributed by atoms with Gasteiger partial charge < -0.3 is 10.6 Å². The molecule has 0 aliphatic heterocycles. The van der Waals surface area contributed by atoms with Crippen molar-refractivity contribution in [3.8, 4) is 5.69 Å².